The van der Waals surface area contributed by atoms with E-state index >= 15 is 0 Å². The van der Waals surface area contributed by atoms with Gasteiger partial charge in [-0.05, 0) is 42.3 Å². The molecule has 0 radical (unpaired) electrons. The zero-order chi connectivity index (χ0) is 19.9. The Morgan fingerprint density at radius 2 is 1.96 bits per heavy atom. The molecule has 2 aromatic carbocycles. The van der Waals surface area contributed by atoms with Crippen molar-refractivity contribution in [1.82, 2.24) is 14.9 Å². The van der Waals surface area contributed by atoms with Gasteiger partial charge < -0.3 is 14.6 Å². The molecule has 1 amide bonds. The van der Waals surface area contributed by atoms with Gasteiger partial charge in [0.25, 0.3) is 5.91 Å². The molecule has 1 aromatic heterocycles. The van der Waals surface area contributed by atoms with Crippen molar-refractivity contribution in [3.8, 4) is 5.75 Å². The molecule has 0 aliphatic rings. The van der Waals surface area contributed by atoms with E-state index in [0.717, 1.165) is 29.8 Å². The van der Waals surface area contributed by atoms with E-state index in [1.807, 2.05) is 18.2 Å². The molecule has 0 aliphatic heterocycles. The van der Waals surface area contributed by atoms with Gasteiger partial charge in [-0.2, -0.15) is 0 Å². The van der Waals surface area contributed by atoms with Gasteiger partial charge in [0.05, 0.1) is 11.0 Å². The largest absolute Gasteiger partial charge is 0.484 e. The van der Waals surface area contributed by atoms with E-state index in [9.17, 15) is 4.79 Å². The summed E-state index contributed by atoms with van der Waals surface area (Å²) < 4.78 is 7.75. The molecule has 6 heteroatoms. The molecular formula is C22H26ClN3O2. The second-order valence-electron chi connectivity index (χ2n) is 6.98. The number of para-hydroxylation sites is 2. The van der Waals surface area contributed by atoms with E-state index in [2.05, 4.69) is 29.8 Å². The number of amides is 1. The maximum Gasteiger partial charge on any atom is 0.257 e. The lowest BCUT2D eigenvalue weighted by Crippen LogP contribution is -2.31. The monoisotopic (exact) mass is 399 g/mol. The first-order valence-corrected chi connectivity index (χ1v) is 10.0. The van der Waals surface area contributed by atoms with E-state index < -0.39 is 0 Å². The van der Waals surface area contributed by atoms with E-state index in [-0.39, 0.29) is 12.5 Å². The molecule has 28 heavy (non-hydrogen) atoms. The smallest absolute Gasteiger partial charge is 0.257 e. The van der Waals surface area contributed by atoms with Crippen LogP contribution in [0.3, 0.4) is 0 Å². The van der Waals surface area contributed by atoms with E-state index in [1.165, 1.54) is 0 Å². The number of fused-ring (bicyclic) bond motifs is 1. The average molecular weight is 400 g/mol. The van der Waals surface area contributed by atoms with Gasteiger partial charge in [-0.1, -0.05) is 44.0 Å². The van der Waals surface area contributed by atoms with Crippen molar-refractivity contribution in [2.75, 3.05) is 13.2 Å². The molecule has 1 atom stereocenters. The molecular weight excluding hydrogens is 374 g/mol. The van der Waals surface area contributed by atoms with Crippen LogP contribution < -0.4 is 10.1 Å². The van der Waals surface area contributed by atoms with E-state index in [1.54, 1.807) is 24.3 Å². The number of halogens is 1. The molecule has 1 unspecified atom stereocenters. The van der Waals surface area contributed by atoms with Gasteiger partial charge in [0.15, 0.2) is 6.61 Å². The lowest BCUT2D eigenvalue weighted by atomic mass is 10.1. The molecule has 0 saturated heterocycles. The molecule has 3 rings (SSSR count). The minimum Gasteiger partial charge on any atom is -0.484 e. The van der Waals surface area contributed by atoms with Crippen LogP contribution in [0.4, 0.5) is 0 Å². The van der Waals surface area contributed by atoms with Crippen molar-refractivity contribution in [3.05, 3.63) is 59.4 Å². The normalized spacial score (nSPS) is 12.1. The third-order valence-electron chi connectivity index (χ3n) is 4.78. The maximum absolute atomic E-state index is 12.1. The Morgan fingerprint density at radius 1 is 1.21 bits per heavy atom. The lowest BCUT2D eigenvalue weighted by Gasteiger charge is -2.14. The van der Waals surface area contributed by atoms with Gasteiger partial charge >= 0.3 is 0 Å². The van der Waals surface area contributed by atoms with Crippen LogP contribution in [-0.2, 0) is 17.8 Å². The minimum atomic E-state index is -0.153. The number of nitrogens with zero attached hydrogens (tertiary/aromatic N) is 2. The van der Waals surface area contributed by atoms with Crippen molar-refractivity contribution in [3.63, 3.8) is 0 Å². The summed E-state index contributed by atoms with van der Waals surface area (Å²) in [5.41, 5.74) is 2.15. The topological polar surface area (TPSA) is 56.2 Å². The Balaban J connectivity index is 1.56. The van der Waals surface area contributed by atoms with Gasteiger partial charge in [-0.15, -0.1) is 0 Å². The maximum atomic E-state index is 12.1. The summed E-state index contributed by atoms with van der Waals surface area (Å²) in [4.78, 5) is 16.8. The average Bonchev–Trinajstić information content (AvgIpc) is 3.05. The summed E-state index contributed by atoms with van der Waals surface area (Å²) in [5.74, 6) is 2.04. The third kappa shape index (κ3) is 5.26. The summed E-state index contributed by atoms with van der Waals surface area (Å²) in [6.07, 6.45) is 1.79. The molecule has 3 aromatic rings. The van der Waals surface area contributed by atoms with Crippen LogP contribution in [0.15, 0.2) is 48.5 Å². The lowest BCUT2D eigenvalue weighted by molar-refractivity contribution is -0.123. The van der Waals surface area contributed by atoms with Crippen molar-refractivity contribution in [1.29, 1.82) is 0 Å². The molecule has 0 fully saturated rings. The molecule has 0 spiro atoms. The summed E-state index contributed by atoms with van der Waals surface area (Å²) in [7, 11) is 0. The number of nitrogens with one attached hydrogen (secondary N) is 1. The zero-order valence-corrected chi connectivity index (χ0v) is 17.1. The highest BCUT2D eigenvalue weighted by atomic mass is 35.5. The number of carbonyl (C=O) groups excluding carboxylic acids is 1. The Kier molecular flexibility index (Phi) is 6.93. The van der Waals surface area contributed by atoms with Crippen LogP contribution in [0.2, 0.25) is 5.02 Å². The number of benzene rings is 2. The number of carbonyl (C=O) groups is 1. The highest BCUT2D eigenvalue weighted by molar-refractivity contribution is 6.30. The molecule has 5 nitrogen and oxygen atoms in total. The van der Waals surface area contributed by atoms with Crippen molar-refractivity contribution < 1.29 is 9.53 Å². The van der Waals surface area contributed by atoms with Gasteiger partial charge in [-0.25, -0.2) is 4.98 Å². The van der Waals surface area contributed by atoms with Crippen LogP contribution in [0.1, 0.15) is 26.1 Å². The predicted octanol–water partition coefficient (Wildman–Crippen LogP) is 4.47. The minimum absolute atomic E-state index is 0.0229. The van der Waals surface area contributed by atoms with Crippen LogP contribution in [0, 0.1) is 5.92 Å². The first-order chi connectivity index (χ1) is 13.6. The zero-order valence-electron chi connectivity index (χ0n) is 16.3. The van der Waals surface area contributed by atoms with Gasteiger partial charge in [-0.3, -0.25) is 4.79 Å². The summed E-state index contributed by atoms with van der Waals surface area (Å²) in [6, 6.07) is 15.1. The second-order valence-corrected chi connectivity index (χ2v) is 7.42. The van der Waals surface area contributed by atoms with Crippen LogP contribution >= 0.6 is 11.6 Å². The first-order valence-electron chi connectivity index (χ1n) is 9.66. The number of hydrogen-bond acceptors (Lipinski definition) is 3. The fraction of sp³-hybridized carbons (Fsp3) is 0.364. The fourth-order valence-corrected chi connectivity index (χ4v) is 3.13. The fourth-order valence-electron chi connectivity index (χ4n) is 3.01. The molecule has 0 bridgehead atoms. The molecule has 1 heterocycles. The Morgan fingerprint density at radius 3 is 2.71 bits per heavy atom. The van der Waals surface area contributed by atoms with E-state index in [0.29, 0.717) is 29.7 Å². The first kappa shape index (κ1) is 20.2. The summed E-state index contributed by atoms with van der Waals surface area (Å²) in [6.45, 7) is 5.87. The number of hydrogen-bond donors (Lipinski definition) is 1. The predicted molar refractivity (Wildman–Crippen MR) is 113 cm³/mol. The quantitative estimate of drug-likeness (QED) is 0.577. The Labute approximate surface area is 170 Å². The highest BCUT2D eigenvalue weighted by Gasteiger charge is 2.13. The standard InChI is InChI=1S/C22H26ClN3O2/c1-3-16(2)14-26-20-7-5-4-6-19(20)25-21(26)12-13-24-22(27)15-28-18-10-8-17(23)9-11-18/h4-11,16H,3,12-15H2,1-2H3,(H,24,27). The number of imidazole rings is 1. The number of aromatic nitrogens is 2. The summed E-state index contributed by atoms with van der Waals surface area (Å²) in [5, 5.41) is 3.54. The second kappa shape index (κ2) is 9.60. The molecule has 1 N–H and O–H groups in total. The number of rotatable bonds is 9. The Hall–Kier alpha value is -2.53. The molecule has 0 aliphatic carbocycles. The highest BCUT2D eigenvalue weighted by Crippen LogP contribution is 2.19. The summed E-state index contributed by atoms with van der Waals surface area (Å²) >= 11 is 5.84. The van der Waals surface area contributed by atoms with Crippen LogP contribution in [-0.4, -0.2) is 28.6 Å². The van der Waals surface area contributed by atoms with Crippen molar-refractivity contribution in [2.24, 2.45) is 5.92 Å². The third-order valence-corrected chi connectivity index (χ3v) is 5.03. The SMILES string of the molecule is CCC(C)Cn1c(CCNC(=O)COc2ccc(Cl)cc2)nc2ccccc21. The van der Waals surface area contributed by atoms with Crippen molar-refractivity contribution in [2.45, 2.75) is 33.2 Å². The van der Waals surface area contributed by atoms with Gasteiger partial charge in [0.2, 0.25) is 0 Å². The van der Waals surface area contributed by atoms with Gasteiger partial charge in [0, 0.05) is 24.5 Å². The van der Waals surface area contributed by atoms with Gasteiger partial charge in [0.1, 0.15) is 11.6 Å². The molecule has 0 saturated carbocycles. The Bertz CT molecular complexity index is 921. The van der Waals surface area contributed by atoms with Crippen LogP contribution in [0.5, 0.6) is 5.75 Å². The molecule has 148 valence electrons. The van der Waals surface area contributed by atoms with Crippen LogP contribution in [0.25, 0.3) is 11.0 Å². The van der Waals surface area contributed by atoms with E-state index in [4.69, 9.17) is 21.3 Å². The number of ether oxygens (including phenoxy) is 1. The van der Waals surface area contributed by atoms with Crippen molar-refractivity contribution >= 4 is 28.5 Å².